The molecule has 3 aliphatic rings. The van der Waals surface area contributed by atoms with Crippen molar-refractivity contribution in [2.45, 2.75) is 88.5 Å². The zero-order valence-electron chi connectivity index (χ0n) is 29.3. The Hall–Kier alpha value is -2.92. The van der Waals surface area contributed by atoms with E-state index in [-0.39, 0.29) is 50.5 Å². The third-order valence-corrected chi connectivity index (χ3v) is 9.60. The van der Waals surface area contributed by atoms with Crippen molar-refractivity contribution in [1.82, 2.24) is 10.3 Å². The minimum absolute atomic E-state index is 0.0572. The summed E-state index contributed by atoms with van der Waals surface area (Å²) in [6.07, 6.45) is 3.05. The lowest BCUT2D eigenvalue weighted by molar-refractivity contribution is -0.492. The molecule has 1 saturated heterocycles. The van der Waals surface area contributed by atoms with Gasteiger partial charge < -0.3 is 43.3 Å². The quantitative estimate of drug-likeness (QED) is 0.135. The lowest BCUT2D eigenvalue weighted by atomic mass is 9.93. The molecule has 2 aliphatic heterocycles. The summed E-state index contributed by atoms with van der Waals surface area (Å²) in [7, 11) is 1.70. The predicted octanol–water partition coefficient (Wildman–Crippen LogP) is 5.23. The summed E-state index contributed by atoms with van der Waals surface area (Å²) in [5.74, 6) is 1.62. The van der Waals surface area contributed by atoms with Crippen LogP contribution in [0.3, 0.4) is 0 Å². The van der Waals surface area contributed by atoms with Crippen LogP contribution in [0.5, 0.6) is 11.5 Å². The van der Waals surface area contributed by atoms with Gasteiger partial charge in [0.1, 0.15) is 36.4 Å². The van der Waals surface area contributed by atoms with E-state index in [4.69, 9.17) is 50.4 Å². The van der Waals surface area contributed by atoms with E-state index < -0.39 is 24.4 Å². The van der Waals surface area contributed by atoms with Gasteiger partial charge in [0.2, 0.25) is 0 Å². The molecular formula is C36H52ClN3O11. The van der Waals surface area contributed by atoms with Gasteiger partial charge in [-0.15, -0.1) is 0 Å². The van der Waals surface area contributed by atoms with Crippen molar-refractivity contribution >= 4 is 23.4 Å². The molecule has 5 rings (SSSR count). The molecule has 2 heterocycles. The largest absolute Gasteiger partial charge is 0.490 e. The topological polar surface area (TPSA) is 152 Å². The molecule has 1 amide bonds. The molecule has 0 radical (unpaired) electrons. The number of ether oxygens (including phenoxy) is 6. The number of unbranched alkanes of at least 4 members (excludes halogenated alkanes) is 2. The zero-order valence-corrected chi connectivity index (χ0v) is 30.0. The van der Waals surface area contributed by atoms with Crippen LogP contribution in [-0.4, -0.2) is 122 Å². The monoisotopic (exact) mass is 737 g/mol. The Morgan fingerprint density at radius 3 is 2.49 bits per heavy atom. The standard InChI is InChI=1S/C36H52ClN3O11/c1-45-18-5-16-38-17-21-46-33-15-6-26(22-31(33)38)25-48-34-24-39(36(42)47-19-3-2-4-20-49-40(43)44)23-32(41)35(34)51-30-13-11-29(12-14-30)50-28-9-7-27(37)8-10-28/h6-10,15,22,29-30,32,34-35,41,43-44H,2-5,11-14,16-21,23-25H2,1H3. The molecule has 2 aromatic carbocycles. The Morgan fingerprint density at radius 1 is 0.961 bits per heavy atom. The molecule has 15 heteroatoms. The van der Waals surface area contributed by atoms with Gasteiger partial charge in [0.15, 0.2) is 0 Å². The maximum absolute atomic E-state index is 13.1. The van der Waals surface area contributed by atoms with Crippen LogP contribution in [-0.2, 0) is 30.4 Å². The summed E-state index contributed by atoms with van der Waals surface area (Å²) in [4.78, 5) is 21.4. The van der Waals surface area contributed by atoms with Gasteiger partial charge >= 0.3 is 6.09 Å². The number of fused-ring (bicyclic) bond motifs is 1. The number of benzene rings is 2. The summed E-state index contributed by atoms with van der Waals surface area (Å²) in [5, 5.41) is 29.0. The van der Waals surface area contributed by atoms with E-state index in [1.54, 1.807) is 7.11 Å². The van der Waals surface area contributed by atoms with Gasteiger partial charge in [-0.05, 0) is 93.3 Å². The molecule has 14 nitrogen and oxygen atoms in total. The molecule has 0 bridgehead atoms. The molecule has 1 aliphatic carbocycles. The molecule has 0 spiro atoms. The highest BCUT2D eigenvalue weighted by atomic mass is 35.5. The van der Waals surface area contributed by atoms with Gasteiger partial charge in [-0.1, -0.05) is 17.7 Å². The minimum Gasteiger partial charge on any atom is -0.490 e. The molecule has 2 fully saturated rings. The lowest BCUT2D eigenvalue weighted by Gasteiger charge is -2.43. The molecule has 3 atom stereocenters. The van der Waals surface area contributed by atoms with Crippen LogP contribution in [0.1, 0.15) is 56.9 Å². The number of hydrogen-bond donors (Lipinski definition) is 3. The van der Waals surface area contributed by atoms with Crippen LogP contribution in [0.15, 0.2) is 42.5 Å². The number of likely N-dealkylation sites (tertiary alicyclic amines) is 1. The van der Waals surface area contributed by atoms with Gasteiger partial charge in [0.25, 0.3) is 0 Å². The second kappa shape index (κ2) is 20.4. The fourth-order valence-electron chi connectivity index (χ4n) is 6.68. The van der Waals surface area contributed by atoms with E-state index in [9.17, 15) is 9.90 Å². The van der Waals surface area contributed by atoms with E-state index in [1.165, 1.54) is 4.90 Å². The molecule has 1 saturated carbocycles. The van der Waals surface area contributed by atoms with Gasteiger partial charge in [0, 0.05) is 25.3 Å². The number of carbonyl (C=O) groups is 1. The molecular weight excluding hydrogens is 686 g/mol. The first-order valence-electron chi connectivity index (χ1n) is 17.9. The van der Waals surface area contributed by atoms with Gasteiger partial charge in [0.05, 0.1) is 62.7 Å². The fourth-order valence-corrected chi connectivity index (χ4v) is 6.81. The van der Waals surface area contributed by atoms with Crippen LogP contribution in [0.4, 0.5) is 10.5 Å². The molecule has 0 aromatic heterocycles. The molecule has 3 unspecified atom stereocenters. The number of carbonyl (C=O) groups excluding carboxylic acids is 1. The number of hydrogen-bond acceptors (Lipinski definition) is 13. The van der Waals surface area contributed by atoms with Crippen LogP contribution in [0.25, 0.3) is 0 Å². The van der Waals surface area contributed by atoms with Crippen molar-refractivity contribution in [1.29, 1.82) is 0 Å². The van der Waals surface area contributed by atoms with Crippen molar-refractivity contribution in [2.75, 3.05) is 64.6 Å². The summed E-state index contributed by atoms with van der Waals surface area (Å²) in [6.45, 7) is 3.75. The zero-order chi connectivity index (χ0) is 36.0. The highest BCUT2D eigenvalue weighted by Crippen LogP contribution is 2.34. The molecule has 2 aromatic rings. The second-order valence-corrected chi connectivity index (χ2v) is 13.6. The van der Waals surface area contributed by atoms with Crippen LogP contribution in [0.2, 0.25) is 5.02 Å². The number of β-amino-alcohol motifs (C(OH)–C–C–N with tert-alkyl or cyclic N) is 1. The summed E-state index contributed by atoms with van der Waals surface area (Å²) in [5.41, 5.74) is 1.95. The predicted molar refractivity (Wildman–Crippen MR) is 186 cm³/mol. The first-order chi connectivity index (χ1) is 24.8. The number of amides is 1. The Kier molecular flexibility index (Phi) is 15.7. The highest BCUT2D eigenvalue weighted by molar-refractivity contribution is 6.30. The smallest absolute Gasteiger partial charge is 0.409 e. The Morgan fingerprint density at radius 2 is 1.73 bits per heavy atom. The number of rotatable bonds is 18. The SMILES string of the molecule is COCCCN1CCOc2ccc(COC3CN(C(=O)OCCCCCON(O)O)CC(O)C3OC3CCC(Oc4ccc(Cl)cc4)CC3)cc21. The highest BCUT2D eigenvalue weighted by Gasteiger charge is 2.42. The van der Waals surface area contributed by atoms with Gasteiger partial charge in [-0.3, -0.25) is 15.3 Å². The number of nitrogens with zero attached hydrogens (tertiary/aromatic N) is 3. The fraction of sp³-hybridized carbons (Fsp3) is 0.639. The Labute approximate surface area is 304 Å². The van der Waals surface area contributed by atoms with E-state index in [2.05, 4.69) is 15.8 Å². The number of methoxy groups -OCH3 is 1. The summed E-state index contributed by atoms with van der Waals surface area (Å²) >= 11 is 6.02. The van der Waals surface area contributed by atoms with E-state index in [0.29, 0.717) is 37.5 Å². The lowest BCUT2D eigenvalue weighted by Crippen LogP contribution is -2.59. The first-order valence-corrected chi connectivity index (χ1v) is 18.3. The third kappa shape index (κ3) is 12.3. The van der Waals surface area contributed by atoms with Crippen molar-refractivity contribution in [2.24, 2.45) is 0 Å². The average molecular weight is 738 g/mol. The number of anilines is 1. The molecule has 284 valence electrons. The van der Waals surface area contributed by atoms with Gasteiger partial charge in [-0.2, -0.15) is 0 Å². The van der Waals surface area contributed by atoms with Gasteiger partial charge in [-0.25, -0.2) is 4.79 Å². The van der Waals surface area contributed by atoms with E-state index in [0.717, 1.165) is 67.9 Å². The summed E-state index contributed by atoms with van der Waals surface area (Å²) < 4.78 is 35.9. The Balaban J connectivity index is 1.19. The molecule has 51 heavy (non-hydrogen) atoms. The van der Waals surface area contributed by atoms with E-state index >= 15 is 0 Å². The third-order valence-electron chi connectivity index (χ3n) is 9.34. The maximum atomic E-state index is 13.1. The van der Waals surface area contributed by atoms with Crippen molar-refractivity contribution in [3.05, 3.63) is 53.1 Å². The Bertz CT molecular complexity index is 1330. The van der Waals surface area contributed by atoms with E-state index in [1.807, 2.05) is 36.4 Å². The first kappa shape index (κ1) is 39.3. The van der Waals surface area contributed by atoms with Crippen molar-refractivity contribution in [3.8, 4) is 11.5 Å². The number of aliphatic hydroxyl groups is 1. The average Bonchev–Trinajstić information content (AvgIpc) is 3.13. The minimum atomic E-state index is -0.982. The van der Waals surface area contributed by atoms with Crippen molar-refractivity contribution in [3.63, 3.8) is 0 Å². The van der Waals surface area contributed by atoms with Crippen LogP contribution in [0, 0.1) is 0 Å². The summed E-state index contributed by atoms with van der Waals surface area (Å²) in [6, 6.07) is 13.4. The maximum Gasteiger partial charge on any atom is 0.409 e. The molecule has 3 N–H and O–H groups in total. The second-order valence-electron chi connectivity index (χ2n) is 13.1. The number of piperidine rings is 1. The van der Waals surface area contributed by atoms with Crippen LogP contribution < -0.4 is 14.4 Å². The van der Waals surface area contributed by atoms with Crippen molar-refractivity contribution < 1.29 is 53.6 Å². The number of halogens is 1. The normalized spacial score (nSPS) is 23.5. The van der Waals surface area contributed by atoms with Crippen LogP contribution >= 0.6 is 11.6 Å². The number of aliphatic hydroxyl groups excluding tert-OH is 1.